The molecule has 0 saturated carbocycles. The number of anilines is 1. The highest BCUT2D eigenvalue weighted by molar-refractivity contribution is 6.30. The maximum Gasteiger partial charge on any atom is 0.586 e. The first-order chi connectivity index (χ1) is 24.9. The van der Waals surface area contributed by atoms with Crippen LogP contribution in [0.4, 0.5) is 37.0 Å². The van der Waals surface area contributed by atoms with Crippen LogP contribution in [0.15, 0.2) is 36.6 Å². The topological polar surface area (TPSA) is 102 Å². The fourth-order valence-electron chi connectivity index (χ4n) is 8.70. The number of nitrogens with zero attached hydrogens (tertiary/aromatic N) is 6. The van der Waals surface area contributed by atoms with E-state index in [4.69, 9.17) is 21.1 Å². The minimum atomic E-state index is -3.78. The van der Waals surface area contributed by atoms with Crippen LogP contribution in [0, 0.1) is 5.82 Å². The Bertz CT molecular complexity index is 2020. The predicted octanol–water partition coefficient (Wildman–Crippen LogP) is 7.57. The summed E-state index contributed by atoms with van der Waals surface area (Å²) in [6.45, 7) is 5.02. The van der Waals surface area contributed by atoms with Gasteiger partial charge in [-0.05, 0) is 64.2 Å². The summed E-state index contributed by atoms with van der Waals surface area (Å²) >= 11 is 6.06. The van der Waals surface area contributed by atoms with Crippen molar-refractivity contribution in [1.82, 2.24) is 24.8 Å². The van der Waals surface area contributed by atoms with Gasteiger partial charge in [0.1, 0.15) is 29.7 Å². The molecule has 4 fully saturated rings. The number of piperazine rings is 1. The maximum absolute atomic E-state index is 15.6. The normalized spacial score (nSPS) is 28.8. The Kier molecular flexibility index (Phi) is 8.37. The molecule has 0 aliphatic carbocycles. The van der Waals surface area contributed by atoms with Crippen LogP contribution in [0.25, 0.3) is 10.9 Å². The lowest BCUT2D eigenvalue weighted by Gasteiger charge is -2.47. The first kappa shape index (κ1) is 35.8. The lowest BCUT2D eigenvalue weighted by Crippen LogP contribution is -2.63. The quantitative estimate of drug-likeness (QED) is 0.184. The number of amides is 1. The number of benzene rings is 1. The molecule has 53 heavy (non-hydrogen) atoms. The SMILES string of the molecule is CC(C)(C)OC(=O)N1C2CCC1(C=C(F)F)CN(c1nc(OC[C@@]34CC[C@H](c5ccc6c(c5)OC(F)(F)O6)N3C[C@@H](F)C4)nc3c(F)c(Cl)ncc13)C2. The zero-order chi connectivity index (χ0) is 37.7. The number of ether oxygens (including phenoxy) is 4. The van der Waals surface area contributed by atoms with E-state index in [1.54, 1.807) is 31.7 Å². The van der Waals surface area contributed by atoms with Crippen molar-refractivity contribution >= 4 is 34.4 Å². The molecule has 0 radical (unpaired) electrons. The fraction of sp³-hybridized carbons (Fsp3) is 0.543. The zero-order valence-corrected chi connectivity index (χ0v) is 29.6. The highest BCUT2D eigenvalue weighted by Gasteiger charge is 2.56. The number of hydrogen-bond acceptors (Lipinski definition) is 10. The number of pyridine rings is 1. The first-order valence-electron chi connectivity index (χ1n) is 17.2. The molecule has 18 heteroatoms. The second kappa shape index (κ2) is 12.4. The zero-order valence-electron chi connectivity index (χ0n) is 28.9. The number of aromatic nitrogens is 3. The smallest absolute Gasteiger partial charge is 0.461 e. The van der Waals surface area contributed by atoms with E-state index in [1.165, 1.54) is 23.2 Å². The number of carbonyl (C=O) groups is 1. The van der Waals surface area contributed by atoms with Crippen LogP contribution in [-0.4, -0.2) is 92.3 Å². The van der Waals surface area contributed by atoms with Gasteiger partial charge >= 0.3 is 18.4 Å². The lowest BCUT2D eigenvalue weighted by atomic mass is 9.94. The van der Waals surface area contributed by atoms with Gasteiger partial charge in [-0.15, -0.1) is 8.78 Å². The van der Waals surface area contributed by atoms with Gasteiger partial charge in [-0.1, -0.05) is 17.7 Å². The van der Waals surface area contributed by atoms with Crippen molar-refractivity contribution in [2.45, 2.75) is 94.1 Å². The van der Waals surface area contributed by atoms with Crippen LogP contribution in [0.2, 0.25) is 5.15 Å². The molecule has 11 nitrogen and oxygen atoms in total. The average Bonchev–Trinajstić information content (AvgIpc) is 3.74. The Hall–Kier alpha value is -4.25. The number of hydrogen-bond donors (Lipinski definition) is 0. The van der Waals surface area contributed by atoms with E-state index in [1.807, 2.05) is 4.90 Å². The summed E-state index contributed by atoms with van der Waals surface area (Å²) in [5.74, 6) is -1.03. The van der Waals surface area contributed by atoms with Gasteiger partial charge in [-0.3, -0.25) is 9.80 Å². The summed E-state index contributed by atoms with van der Waals surface area (Å²) in [7, 11) is 0. The molecule has 5 atom stereocenters. The molecule has 1 amide bonds. The molecule has 5 aliphatic heterocycles. The lowest BCUT2D eigenvalue weighted by molar-refractivity contribution is -0.286. The first-order valence-corrected chi connectivity index (χ1v) is 17.6. The van der Waals surface area contributed by atoms with Gasteiger partial charge < -0.3 is 23.8 Å². The summed E-state index contributed by atoms with van der Waals surface area (Å²) in [5, 5.41) is -0.314. The molecule has 1 aromatic carbocycles. The molecule has 7 heterocycles. The molecule has 0 N–H and O–H groups in total. The van der Waals surface area contributed by atoms with Crippen LogP contribution >= 0.6 is 11.6 Å². The van der Waals surface area contributed by atoms with Crippen LogP contribution in [0.5, 0.6) is 17.5 Å². The monoisotopic (exact) mass is 768 g/mol. The van der Waals surface area contributed by atoms with Crippen molar-refractivity contribution in [2.75, 3.05) is 31.1 Å². The van der Waals surface area contributed by atoms with Crippen molar-refractivity contribution in [3.8, 4) is 17.5 Å². The Morgan fingerprint density at radius 1 is 1.11 bits per heavy atom. The van der Waals surface area contributed by atoms with Gasteiger partial charge in [0.15, 0.2) is 22.5 Å². The summed E-state index contributed by atoms with van der Waals surface area (Å²) in [6.07, 6.45) is -3.92. The summed E-state index contributed by atoms with van der Waals surface area (Å²) < 4.78 is 107. The minimum Gasteiger partial charge on any atom is -0.461 e. The largest absolute Gasteiger partial charge is 0.586 e. The third-order valence-corrected chi connectivity index (χ3v) is 10.9. The number of halogens is 7. The molecular weight excluding hydrogens is 734 g/mol. The number of fused-ring (bicyclic) bond motifs is 5. The second-order valence-corrected chi connectivity index (χ2v) is 15.7. The van der Waals surface area contributed by atoms with Gasteiger partial charge in [-0.2, -0.15) is 18.7 Å². The van der Waals surface area contributed by atoms with Crippen molar-refractivity contribution < 1.29 is 50.1 Å². The van der Waals surface area contributed by atoms with E-state index in [0.717, 1.165) is 6.08 Å². The summed E-state index contributed by atoms with van der Waals surface area (Å²) in [6, 6.07) is 3.33. The van der Waals surface area contributed by atoms with Gasteiger partial charge in [0, 0.05) is 44.4 Å². The number of alkyl halides is 3. The second-order valence-electron chi connectivity index (χ2n) is 15.3. The highest BCUT2D eigenvalue weighted by atomic mass is 35.5. The average molecular weight is 769 g/mol. The van der Waals surface area contributed by atoms with Gasteiger partial charge in [0.05, 0.1) is 22.5 Å². The summed E-state index contributed by atoms with van der Waals surface area (Å²) in [4.78, 5) is 31.3. The van der Waals surface area contributed by atoms with Crippen molar-refractivity contribution in [3.05, 3.63) is 53.1 Å². The van der Waals surface area contributed by atoms with Crippen molar-refractivity contribution in [2.24, 2.45) is 0 Å². The van der Waals surface area contributed by atoms with Crippen LogP contribution in [0.3, 0.4) is 0 Å². The van der Waals surface area contributed by atoms with E-state index < -0.39 is 58.3 Å². The number of rotatable bonds is 6. The third-order valence-electron chi connectivity index (χ3n) is 10.7. The Labute approximate surface area is 304 Å². The van der Waals surface area contributed by atoms with Gasteiger partial charge in [0.25, 0.3) is 6.08 Å². The molecule has 2 unspecified atom stereocenters. The third kappa shape index (κ3) is 6.32. The molecule has 0 spiro atoms. The number of carbonyl (C=O) groups excluding carboxylic acids is 1. The minimum absolute atomic E-state index is 0.0579. The van der Waals surface area contributed by atoms with E-state index in [9.17, 15) is 22.4 Å². The van der Waals surface area contributed by atoms with Crippen LogP contribution in [-0.2, 0) is 4.74 Å². The van der Waals surface area contributed by atoms with E-state index >= 15 is 8.78 Å². The molecule has 4 saturated heterocycles. The molecule has 8 rings (SSSR count). The molecular formula is C35H35ClF6N6O5. The molecule has 5 aliphatic rings. The van der Waals surface area contributed by atoms with Crippen molar-refractivity contribution in [1.29, 1.82) is 0 Å². The Morgan fingerprint density at radius 2 is 1.89 bits per heavy atom. The van der Waals surface area contributed by atoms with Crippen LogP contribution in [0.1, 0.15) is 64.5 Å². The summed E-state index contributed by atoms with van der Waals surface area (Å²) in [5.41, 5.74) is -2.77. The van der Waals surface area contributed by atoms with Crippen molar-refractivity contribution in [3.63, 3.8) is 0 Å². The molecule has 2 bridgehead atoms. The Balaban J connectivity index is 1.10. The molecule has 2 aromatic heterocycles. The fourth-order valence-corrected chi connectivity index (χ4v) is 8.84. The maximum atomic E-state index is 15.6. The van der Waals surface area contributed by atoms with E-state index in [2.05, 4.69) is 24.4 Å². The van der Waals surface area contributed by atoms with Gasteiger partial charge in [0.2, 0.25) is 0 Å². The highest BCUT2D eigenvalue weighted by Crippen LogP contribution is 2.52. The predicted molar refractivity (Wildman–Crippen MR) is 178 cm³/mol. The van der Waals surface area contributed by atoms with Crippen LogP contribution < -0.4 is 19.1 Å². The molecule has 284 valence electrons. The Morgan fingerprint density at radius 3 is 2.64 bits per heavy atom. The van der Waals surface area contributed by atoms with Gasteiger partial charge in [-0.25, -0.2) is 18.6 Å². The standard InChI is InChI=1S/C35H35ClF6N6O5/c1-32(2,3)53-31(49)48-20-6-8-33(48,12-25(38)39)16-46(15-20)29-21-13-43-28(36)26(40)27(21)44-30(45-29)50-17-34-9-7-22(47(34)14-19(37)11-34)18-4-5-23-24(10-18)52-35(41,42)51-23/h4-5,10,12-13,19-20,22H,6-9,11,14-17H2,1-3H3/t19-,20?,22+,33?,34-/m0/s1. The molecule has 3 aromatic rings. The van der Waals surface area contributed by atoms with E-state index in [-0.39, 0.29) is 79.4 Å². The van der Waals surface area contributed by atoms with E-state index in [0.29, 0.717) is 24.8 Å².